The number of hydrogen-bond acceptors (Lipinski definition) is 8. The summed E-state index contributed by atoms with van der Waals surface area (Å²) in [6.07, 6.45) is 0. The highest BCUT2D eigenvalue weighted by Crippen LogP contribution is 2.26. The number of anilines is 1. The van der Waals surface area contributed by atoms with Crippen molar-refractivity contribution in [3.63, 3.8) is 0 Å². The van der Waals surface area contributed by atoms with E-state index in [-0.39, 0.29) is 29.0 Å². The average Bonchev–Trinajstić information content (AvgIpc) is 2.77. The monoisotopic (exact) mass is 270 g/mol. The summed E-state index contributed by atoms with van der Waals surface area (Å²) in [5.74, 6) is 0.360. The molecule has 11 heteroatoms. The van der Waals surface area contributed by atoms with Crippen molar-refractivity contribution in [3.8, 4) is 0 Å². The molecule has 0 spiro atoms. The van der Waals surface area contributed by atoms with Crippen LogP contribution >= 0.6 is 11.6 Å². The lowest BCUT2D eigenvalue weighted by Gasteiger charge is -2.05. The first kappa shape index (κ1) is 12.1. The van der Waals surface area contributed by atoms with E-state index in [0.717, 1.165) is 0 Å². The Morgan fingerprint density at radius 1 is 1.50 bits per heavy atom. The van der Waals surface area contributed by atoms with E-state index in [0.29, 0.717) is 5.82 Å². The van der Waals surface area contributed by atoms with Gasteiger partial charge in [0.25, 0.3) is 0 Å². The van der Waals surface area contributed by atoms with Crippen molar-refractivity contribution < 1.29 is 4.92 Å². The third kappa shape index (κ3) is 2.48. The van der Waals surface area contributed by atoms with Crippen LogP contribution in [0.2, 0.25) is 5.28 Å². The Labute approximate surface area is 105 Å². The number of halogens is 1. The molecule has 0 saturated carbocycles. The van der Waals surface area contributed by atoms with Crippen LogP contribution in [0.15, 0.2) is 0 Å². The van der Waals surface area contributed by atoms with Gasteiger partial charge >= 0.3 is 5.69 Å². The van der Waals surface area contributed by atoms with Crippen molar-refractivity contribution in [2.45, 2.75) is 13.5 Å². The van der Waals surface area contributed by atoms with Gasteiger partial charge in [-0.25, -0.2) is 4.98 Å². The van der Waals surface area contributed by atoms with Crippen molar-refractivity contribution in [1.29, 1.82) is 0 Å². The quantitative estimate of drug-likeness (QED) is 0.465. The van der Waals surface area contributed by atoms with Crippen LogP contribution in [0.1, 0.15) is 11.5 Å². The topological polar surface area (TPSA) is 135 Å². The number of aromatic nitrogens is 6. The molecule has 2 aromatic rings. The van der Waals surface area contributed by atoms with Crippen LogP contribution in [-0.4, -0.2) is 35.5 Å². The van der Waals surface area contributed by atoms with Crippen LogP contribution in [0, 0.1) is 17.0 Å². The Hall–Kier alpha value is -2.36. The zero-order chi connectivity index (χ0) is 13.1. The molecule has 0 aliphatic rings. The fourth-order valence-electron chi connectivity index (χ4n) is 1.29. The summed E-state index contributed by atoms with van der Waals surface area (Å²) in [7, 11) is 0. The largest absolute Gasteiger partial charge is 0.357 e. The van der Waals surface area contributed by atoms with Gasteiger partial charge in [-0.1, -0.05) is 5.21 Å². The molecule has 18 heavy (non-hydrogen) atoms. The lowest BCUT2D eigenvalue weighted by Crippen LogP contribution is -2.08. The second-order valence-corrected chi connectivity index (χ2v) is 3.55. The third-order valence-electron chi connectivity index (χ3n) is 2.02. The molecule has 10 nitrogen and oxygen atoms in total. The summed E-state index contributed by atoms with van der Waals surface area (Å²) in [5, 5.41) is 26.6. The first-order chi connectivity index (χ1) is 8.58. The Morgan fingerprint density at radius 2 is 2.28 bits per heavy atom. The maximum absolute atomic E-state index is 10.9. The molecular weight excluding hydrogens is 264 g/mol. The fraction of sp³-hybridized carbons (Fsp3) is 0.286. The minimum atomic E-state index is -0.579. The number of tetrazole rings is 1. The number of aromatic amines is 1. The molecule has 2 heterocycles. The maximum atomic E-state index is 10.9. The second-order valence-electron chi connectivity index (χ2n) is 3.21. The highest BCUT2D eigenvalue weighted by Gasteiger charge is 2.21. The minimum absolute atomic E-state index is 0.0160. The number of H-pyrrole nitrogens is 1. The zero-order valence-corrected chi connectivity index (χ0v) is 9.84. The SMILES string of the molecule is Cc1nc(Cl)nc(NCc2nn[nH]n2)c1[N+](=O)[O-]. The molecule has 2 rings (SSSR count). The summed E-state index contributed by atoms with van der Waals surface area (Å²) in [6, 6.07) is 0. The van der Waals surface area contributed by atoms with Gasteiger partial charge in [-0.05, 0) is 18.5 Å². The van der Waals surface area contributed by atoms with Crippen LogP contribution in [-0.2, 0) is 6.54 Å². The Kier molecular flexibility index (Phi) is 3.28. The summed E-state index contributed by atoms with van der Waals surface area (Å²) >= 11 is 5.65. The van der Waals surface area contributed by atoms with Crippen LogP contribution < -0.4 is 5.32 Å². The van der Waals surface area contributed by atoms with Crippen molar-refractivity contribution in [1.82, 2.24) is 30.6 Å². The molecule has 0 radical (unpaired) electrons. The van der Waals surface area contributed by atoms with Crippen molar-refractivity contribution in [2.75, 3.05) is 5.32 Å². The van der Waals surface area contributed by atoms with Gasteiger partial charge < -0.3 is 5.32 Å². The van der Waals surface area contributed by atoms with Crippen LogP contribution in [0.3, 0.4) is 0 Å². The lowest BCUT2D eigenvalue weighted by molar-refractivity contribution is -0.385. The molecule has 0 bridgehead atoms. The molecule has 2 aromatic heterocycles. The third-order valence-corrected chi connectivity index (χ3v) is 2.19. The van der Waals surface area contributed by atoms with Gasteiger partial charge in [0.15, 0.2) is 5.82 Å². The first-order valence-corrected chi connectivity index (χ1v) is 5.10. The number of aryl methyl sites for hydroxylation is 1. The molecule has 0 aliphatic heterocycles. The second kappa shape index (κ2) is 4.87. The zero-order valence-electron chi connectivity index (χ0n) is 9.08. The molecular formula is C7H7ClN8O2. The smallest absolute Gasteiger partial charge is 0.332 e. The summed E-state index contributed by atoms with van der Waals surface area (Å²) in [6.45, 7) is 1.61. The number of nitrogens with one attached hydrogen (secondary N) is 2. The van der Waals surface area contributed by atoms with Gasteiger partial charge in [0.2, 0.25) is 11.1 Å². The molecule has 0 atom stereocenters. The highest BCUT2D eigenvalue weighted by atomic mass is 35.5. The number of hydrogen-bond donors (Lipinski definition) is 2. The summed E-state index contributed by atoms with van der Waals surface area (Å²) in [4.78, 5) is 17.8. The van der Waals surface area contributed by atoms with E-state index in [1.165, 1.54) is 6.92 Å². The maximum Gasteiger partial charge on any atom is 0.332 e. The van der Waals surface area contributed by atoms with E-state index in [1.807, 2.05) is 0 Å². The molecule has 0 aliphatic carbocycles. The van der Waals surface area contributed by atoms with E-state index < -0.39 is 4.92 Å². The van der Waals surface area contributed by atoms with Crippen molar-refractivity contribution >= 4 is 23.1 Å². The molecule has 0 saturated heterocycles. The Balaban J connectivity index is 2.28. The summed E-state index contributed by atoms with van der Waals surface area (Å²) < 4.78 is 0. The van der Waals surface area contributed by atoms with Crippen molar-refractivity contribution in [3.05, 3.63) is 26.9 Å². The summed E-state index contributed by atoms with van der Waals surface area (Å²) in [5.41, 5.74) is -0.0569. The van der Waals surface area contributed by atoms with Gasteiger partial charge in [0.1, 0.15) is 5.69 Å². The minimum Gasteiger partial charge on any atom is -0.357 e. The van der Waals surface area contributed by atoms with Crippen LogP contribution in [0.25, 0.3) is 0 Å². The van der Waals surface area contributed by atoms with Gasteiger partial charge in [0, 0.05) is 0 Å². The molecule has 94 valence electrons. The predicted octanol–water partition coefficient (Wildman–Crippen LogP) is 0.472. The Bertz CT molecular complexity index is 571. The van der Waals surface area contributed by atoms with E-state index in [2.05, 4.69) is 35.9 Å². The fourth-order valence-corrected chi connectivity index (χ4v) is 1.51. The number of rotatable bonds is 4. The van der Waals surface area contributed by atoms with E-state index in [9.17, 15) is 10.1 Å². The van der Waals surface area contributed by atoms with Crippen LogP contribution in [0.5, 0.6) is 0 Å². The first-order valence-electron chi connectivity index (χ1n) is 4.72. The van der Waals surface area contributed by atoms with E-state index in [1.54, 1.807) is 0 Å². The van der Waals surface area contributed by atoms with E-state index in [4.69, 9.17) is 11.6 Å². The van der Waals surface area contributed by atoms with Crippen molar-refractivity contribution in [2.24, 2.45) is 0 Å². The van der Waals surface area contributed by atoms with Gasteiger partial charge in [-0.2, -0.15) is 10.2 Å². The average molecular weight is 271 g/mol. The highest BCUT2D eigenvalue weighted by molar-refractivity contribution is 6.28. The number of nitro groups is 1. The van der Waals surface area contributed by atoms with Gasteiger partial charge in [-0.3, -0.25) is 10.1 Å². The van der Waals surface area contributed by atoms with Gasteiger partial charge in [0.05, 0.1) is 11.5 Å². The standard InChI is InChI=1S/C7H7ClN8O2/c1-3-5(16(17)18)6(11-7(8)10-3)9-2-4-12-14-15-13-4/h2H2,1H3,(H,9,10,11)(H,12,13,14,15). The molecule has 0 amide bonds. The molecule has 2 N–H and O–H groups in total. The number of nitrogens with zero attached hydrogens (tertiary/aromatic N) is 6. The van der Waals surface area contributed by atoms with Gasteiger partial charge in [-0.15, -0.1) is 10.2 Å². The lowest BCUT2D eigenvalue weighted by atomic mass is 10.3. The molecule has 0 aromatic carbocycles. The normalized spacial score (nSPS) is 10.3. The molecule has 0 unspecified atom stereocenters. The predicted molar refractivity (Wildman–Crippen MR) is 59.9 cm³/mol. The van der Waals surface area contributed by atoms with E-state index >= 15 is 0 Å². The molecule has 0 fully saturated rings. The van der Waals surface area contributed by atoms with Crippen LogP contribution in [0.4, 0.5) is 11.5 Å². The Morgan fingerprint density at radius 3 is 2.89 bits per heavy atom.